The maximum Gasteiger partial charge on any atom is 0.319 e. The van der Waals surface area contributed by atoms with Crippen molar-refractivity contribution in [3.8, 4) is 23.0 Å². The molecule has 8 nitrogen and oxygen atoms in total. The second kappa shape index (κ2) is 8.99. The van der Waals surface area contributed by atoms with Gasteiger partial charge in [0.25, 0.3) is 0 Å². The average Bonchev–Trinajstić information content (AvgIpc) is 3.47. The molecule has 33 heavy (non-hydrogen) atoms. The summed E-state index contributed by atoms with van der Waals surface area (Å²) in [6, 6.07) is 18.4. The summed E-state index contributed by atoms with van der Waals surface area (Å²) in [6.07, 6.45) is 0.448. The van der Waals surface area contributed by atoms with Gasteiger partial charge in [0.1, 0.15) is 5.82 Å². The summed E-state index contributed by atoms with van der Waals surface area (Å²) in [4.78, 5) is 12.2. The molecule has 1 aromatic heterocycles. The summed E-state index contributed by atoms with van der Waals surface area (Å²) in [6.45, 7) is 0.423. The quantitative estimate of drug-likeness (QED) is 0.452. The number of benzene rings is 3. The molecule has 1 aliphatic rings. The highest BCUT2D eigenvalue weighted by Gasteiger charge is 2.15. The summed E-state index contributed by atoms with van der Waals surface area (Å²) in [5.74, 6) is 1.86. The van der Waals surface area contributed by atoms with Gasteiger partial charge in [0.15, 0.2) is 11.5 Å². The van der Waals surface area contributed by atoms with Gasteiger partial charge < -0.3 is 24.5 Å². The maximum absolute atomic E-state index is 13.3. The Labute approximate surface area is 188 Å². The van der Waals surface area contributed by atoms with Crippen LogP contribution in [0, 0.1) is 5.82 Å². The van der Waals surface area contributed by atoms with Gasteiger partial charge in [-0.2, -0.15) is 0 Å². The number of halogens is 1. The zero-order valence-corrected chi connectivity index (χ0v) is 17.4. The monoisotopic (exact) mass is 446 g/mol. The number of carbonyl (C=O) groups is 1. The smallest absolute Gasteiger partial charge is 0.319 e. The molecule has 0 saturated heterocycles. The SMILES string of the molecule is O=C(NCc1cccc(F)c1)Nc1cccc(-c2nnc(Cc3ccc4c(c3)OCO4)o2)c1. The number of ether oxygens (including phenoxy) is 2. The van der Waals surface area contributed by atoms with Crippen LogP contribution in [0.5, 0.6) is 11.5 Å². The van der Waals surface area contributed by atoms with E-state index < -0.39 is 6.03 Å². The molecule has 9 heteroatoms. The number of nitrogens with one attached hydrogen (secondary N) is 2. The molecule has 166 valence electrons. The van der Waals surface area contributed by atoms with E-state index in [4.69, 9.17) is 13.9 Å². The molecule has 0 aliphatic carbocycles. The lowest BCUT2D eigenvalue weighted by molar-refractivity contribution is 0.174. The van der Waals surface area contributed by atoms with Gasteiger partial charge in [-0.15, -0.1) is 10.2 Å². The minimum absolute atomic E-state index is 0.205. The molecule has 1 aliphatic heterocycles. The Morgan fingerprint density at radius 3 is 2.73 bits per heavy atom. The molecule has 0 saturated carbocycles. The second-order valence-corrected chi connectivity index (χ2v) is 7.38. The van der Waals surface area contributed by atoms with Crippen molar-refractivity contribution in [2.45, 2.75) is 13.0 Å². The van der Waals surface area contributed by atoms with Crippen LogP contribution in [0.3, 0.4) is 0 Å². The fourth-order valence-corrected chi connectivity index (χ4v) is 3.40. The highest BCUT2D eigenvalue weighted by atomic mass is 19.1. The van der Waals surface area contributed by atoms with Crippen molar-refractivity contribution in [1.82, 2.24) is 15.5 Å². The number of fused-ring (bicyclic) bond motifs is 1. The molecule has 0 bridgehead atoms. The molecule has 0 spiro atoms. The number of amides is 2. The van der Waals surface area contributed by atoms with Crippen molar-refractivity contribution in [2.75, 3.05) is 12.1 Å². The van der Waals surface area contributed by atoms with E-state index in [1.807, 2.05) is 24.3 Å². The summed E-state index contributed by atoms with van der Waals surface area (Å²) in [5.41, 5.74) is 2.85. The summed E-state index contributed by atoms with van der Waals surface area (Å²) in [5, 5.41) is 13.7. The Hall–Kier alpha value is -4.40. The third kappa shape index (κ3) is 4.93. The number of hydrogen-bond acceptors (Lipinski definition) is 6. The van der Waals surface area contributed by atoms with Crippen LogP contribution in [0.15, 0.2) is 71.1 Å². The van der Waals surface area contributed by atoms with E-state index in [9.17, 15) is 9.18 Å². The molecule has 2 amide bonds. The number of urea groups is 1. The number of anilines is 1. The fourth-order valence-electron chi connectivity index (χ4n) is 3.40. The lowest BCUT2D eigenvalue weighted by atomic mass is 10.1. The molecule has 0 unspecified atom stereocenters. The van der Waals surface area contributed by atoms with Gasteiger partial charge >= 0.3 is 6.03 Å². The van der Waals surface area contributed by atoms with Crippen LogP contribution in [0.1, 0.15) is 17.0 Å². The number of hydrogen-bond donors (Lipinski definition) is 2. The third-order valence-electron chi connectivity index (χ3n) is 4.97. The van der Waals surface area contributed by atoms with E-state index in [0.717, 1.165) is 5.56 Å². The molecular formula is C24H19FN4O4. The van der Waals surface area contributed by atoms with Crippen LogP contribution < -0.4 is 20.1 Å². The average molecular weight is 446 g/mol. The van der Waals surface area contributed by atoms with Crippen molar-refractivity contribution in [2.24, 2.45) is 0 Å². The first kappa shape index (κ1) is 20.5. The highest BCUT2D eigenvalue weighted by molar-refractivity contribution is 5.89. The Balaban J connectivity index is 1.22. The van der Waals surface area contributed by atoms with Crippen molar-refractivity contribution in [3.63, 3.8) is 0 Å². The van der Waals surface area contributed by atoms with Gasteiger partial charge in [0.05, 0.1) is 6.42 Å². The first-order valence-corrected chi connectivity index (χ1v) is 10.2. The van der Waals surface area contributed by atoms with E-state index in [2.05, 4.69) is 20.8 Å². The standard InChI is InChI=1S/C24H19FN4O4/c25-18-5-1-3-16(9-18)13-26-24(30)27-19-6-2-4-17(12-19)23-29-28-22(33-23)11-15-7-8-20-21(10-15)32-14-31-20/h1-10,12H,11,13-14H2,(H2,26,27,30). The summed E-state index contributed by atoms with van der Waals surface area (Å²) < 4.78 is 29.8. The Morgan fingerprint density at radius 2 is 1.82 bits per heavy atom. The number of aromatic nitrogens is 2. The highest BCUT2D eigenvalue weighted by Crippen LogP contribution is 2.33. The maximum atomic E-state index is 13.3. The van der Waals surface area contributed by atoms with E-state index in [1.54, 1.807) is 30.3 Å². The number of carbonyl (C=O) groups excluding carboxylic acids is 1. The van der Waals surface area contributed by atoms with Crippen LogP contribution in [-0.4, -0.2) is 23.0 Å². The fraction of sp³-hybridized carbons (Fsp3) is 0.125. The Morgan fingerprint density at radius 1 is 0.939 bits per heavy atom. The molecule has 0 radical (unpaired) electrons. The predicted molar refractivity (Wildman–Crippen MR) is 117 cm³/mol. The molecule has 4 aromatic rings. The van der Waals surface area contributed by atoms with Gasteiger partial charge in [0, 0.05) is 17.8 Å². The van der Waals surface area contributed by atoms with E-state index in [0.29, 0.717) is 46.5 Å². The van der Waals surface area contributed by atoms with Crippen molar-refractivity contribution in [3.05, 3.63) is 89.6 Å². The van der Waals surface area contributed by atoms with Crippen LogP contribution in [0.2, 0.25) is 0 Å². The van der Waals surface area contributed by atoms with E-state index in [1.165, 1.54) is 12.1 Å². The molecular weight excluding hydrogens is 427 g/mol. The normalized spacial score (nSPS) is 11.9. The van der Waals surface area contributed by atoms with Crippen molar-refractivity contribution >= 4 is 11.7 Å². The molecule has 2 N–H and O–H groups in total. The zero-order chi connectivity index (χ0) is 22.6. The van der Waals surface area contributed by atoms with Gasteiger partial charge in [-0.25, -0.2) is 9.18 Å². The molecule has 0 fully saturated rings. The molecule has 0 atom stereocenters. The van der Waals surface area contributed by atoms with Crippen molar-refractivity contribution < 1.29 is 23.1 Å². The van der Waals surface area contributed by atoms with Crippen LogP contribution >= 0.6 is 0 Å². The predicted octanol–water partition coefficient (Wildman–Crippen LogP) is 4.52. The minimum Gasteiger partial charge on any atom is -0.454 e. The van der Waals surface area contributed by atoms with Crippen molar-refractivity contribution in [1.29, 1.82) is 0 Å². The first-order chi connectivity index (χ1) is 16.1. The number of nitrogens with zero attached hydrogens (tertiary/aromatic N) is 2. The van der Waals surface area contributed by atoms with Crippen LogP contribution in [0.4, 0.5) is 14.9 Å². The van der Waals surface area contributed by atoms with Gasteiger partial charge in [-0.1, -0.05) is 24.3 Å². The Bertz CT molecular complexity index is 1310. The van der Waals surface area contributed by atoms with Gasteiger partial charge in [0.2, 0.25) is 18.6 Å². The van der Waals surface area contributed by atoms with Crippen LogP contribution in [0.25, 0.3) is 11.5 Å². The molecule has 2 heterocycles. The summed E-state index contributed by atoms with van der Waals surface area (Å²) in [7, 11) is 0. The van der Waals surface area contributed by atoms with E-state index >= 15 is 0 Å². The minimum atomic E-state index is -0.412. The number of rotatable bonds is 6. The lowest BCUT2D eigenvalue weighted by Gasteiger charge is -2.08. The largest absolute Gasteiger partial charge is 0.454 e. The topological polar surface area (TPSA) is 98.5 Å². The zero-order valence-electron chi connectivity index (χ0n) is 17.4. The van der Waals surface area contributed by atoms with E-state index in [-0.39, 0.29) is 19.2 Å². The second-order valence-electron chi connectivity index (χ2n) is 7.38. The summed E-state index contributed by atoms with van der Waals surface area (Å²) >= 11 is 0. The Kier molecular flexibility index (Phi) is 5.59. The van der Waals surface area contributed by atoms with Crippen LogP contribution in [-0.2, 0) is 13.0 Å². The third-order valence-corrected chi connectivity index (χ3v) is 4.97. The molecule has 3 aromatic carbocycles. The lowest BCUT2D eigenvalue weighted by Crippen LogP contribution is -2.28. The first-order valence-electron chi connectivity index (χ1n) is 10.2. The molecule has 5 rings (SSSR count). The van der Waals surface area contributed by atoms with Gasteiger partial charge in [-0.05, 0) is 53.6 Å². The van der Waals surface area contributed by atoms with Gasteiger partial charge in [-0.3, -0.25) is 0 Å².